The summed E-state index contributed by atoms with van der Waals surface area (Å²) < 4.78 is 0.682. The van der Waals surface area contributed by atoms with Gasteiger partial charge >= 0.3 is 0 Å². The van der Waals surface area contributed by atoms with Gasteiger partial charge in [0.05, 0.1) is 5.52 Å². The average Bonchev–Trinajstić information content (AvgIpc) is 2.44. The Hall–Kier alpha value is -2.55. The van der Waals surface area contributed by atoms with Gasteiger partial charge in [0, 0.05) is 11.5 Å². The zero-order chi connectivity index (χ0) is 12.5. The number of fused-ring (bicyclic) bond motifs is 1. The SMILES string of the molecule is O=c1cc(-c2ccccc2)c2ccccc2n1O. The molecular formula is C15H11NO2. The normalized spacial score (nSPS) is 10.7. The van der Waals surface area contributed by atoms with Crippen molar-refractivity contribution in [3.05, 3.63) is 71.0 Å². The summed E-state index contributed by atoms with van der Waals surface area (Å²) in [6.45, 7) is 0. The van der Waals surface area contributed by atoms with E-state index >= 15 is 0 Å². The maximum absolute atomic E-state index is 11.7. The highest BCUT2D eigenvalue weighted by molar-refractivity contribution is 5.94. The Morgan fingerprint density at radius 1 is 0.889 bits per heavy atom. The molecule has 0 aliphatic carbocycles. The standard InChI is InChI=1S/C15H11NO2/c17-15-10-13(11-6-2-1-3-7-11)12-8-4-5-9-14(12)16(15)18/h1-10,18H. The summed E-state index contributed by atoms with van der Waals surface area (Å²) >= 11 is 0. The molecule has 0 spiro atoms. The maximum atomic E-state index is 11.7. The van der Waals surface area contributed by atoms with Crippen LogP contribution in [0.3, 0.4) is 0 Å². The zero-order valence-electron chi connectivity index (χ0n) is 9.58. The molecule has 3 nitrogen and oxygen atoms in total. The summed E-state index contributed by atoms with van der Waals surface area (Å²) in [4.78, 5) is 11.7. The third-order valence-electron chi connectivity index (χ3n) is 2.98. The van der Waals surface area contributed by atoms with Crippen molar-refractivity contribution < 1.29 is 5.21 Å². The van der Waals surface area contributed by atoms with Crippen LogP contribution in [0.15, 0.2) is 65.5 Å². The van der Waals surface area contributed by atoms with Crippen LogP contribution in [-0.2, 0) is 0 Å². The van der Waals surface area contributed by atoms with Crippen molar-refractivity contribution in [2.75, 3.05) is 0 Å². The molecule has 0 saturated carbocycles. The van der Waals surface area contributed by atoms with E-state index in [1.54, 1.807) is 12.1 Å². The highest BCUT2D eigenvalue weighted by atomic mass is 16.5. The number of benzene rings is 2. The second-order valence-corrected chi connectivity index (χ2v) is 4.09. The van der Waals surface area contributed by atoms with Crippen molar-refractivity contribution in [2.45, 2.75) is 0 Å². The van der Waals surface area contributed by atoms with E-state index in [9.17, 15) is 10.0 Å². The summed E-state index contributed by atoms with van der Waals surface area (Å²) in [6.07, 6.45) is 0. The molecule has 1 N–H and O–H groups in total. The van der Waals surface area contributed by atoms with Crippen LogP contribution in [0.1, 0.15) is 0 Å². The Labute approximate surface area is 104 Å². The number of pyridine rings is 1. The van der Waals surface area contributed by atoms with Crippen LogP contribution < -0.4 is 5.56 Å². The van der Waals surface area contributed by atoms with E-state index in [0.717, 1.165) is 16.5 Å². The fourth-order valence-corrected chi connectivity index (χ4v) is 2.12. The van der Waals surface area contributed by atoms with Gasteiger partial charge in [-0.1, -0.05) is 48.5 Å². The molecule has 18 heavy (non-hydrogen) atoms. The largest absolute Gasteiger partial charge is 0.425 e. The summed E-state index contributed by atoms with van der Waals surface area (Å²) in [5, 5.41) is 10.6. The summed E-state index contributed by atoms with van der Waals surface area (Å²) in [6, 6.07) is 18.4. The summed E-state index contributed by atoms with van der Waals surface area (Å²) in [5.41, 5.74) is 1.89. The Kier molecular flexibility index (Phi) is 2.38. The van der Waals surface area contributed by atoms with Crippen LogP contribution in [0, 0.1) is 0 Å². The highest BCUT2D eigenvalue weighted by Gasteiger charge is 2.08. The van der Waals surface area contributed by atoms with Crippen LogP contribution in [0.4, 0.5) is 0 Å². The Balaban J connectivity index is 2.44. The van der Waals surface area contributed by atoms with Crippen molar-refractivity contribution in [3.8, 4) is 11.1 Å². The van der Waals surface area contributed by atoms with Gasteiger partial charge in [0.25, 0.3) is 5.56 Å². The zero-order valence-corrected chi connectivity index (χ0v) is 9.58. The maximum Gasteiger partial charge on any atom is 0.284 e. The van der Waals surface area contributed by atoms with Gasteiger partial charge in [-0.05, 0) is 17.2 Å². The summed E-state index contributed by atoms with van der Waals surface area (Å²) in [7, 11) is 0. The Morgan fingerprint density at radius 2 is 1.56 bits per heavy atom. The van der Waals surface area contributed by atoms with Crippen molar-refractivity contribution in [1.82, 2.24) is 4.73 Å². The van der Waals surface area contributed by atoms with Crippen LogP contribution >= 0.6 is 0 Å². The lowest BCUT2D eigenvalue weighted by molar-refractivity contribution is 0.189. The third kappa shape index (κ3) is 1.57. The first kappa shape index (κ1) is 10.6. The monoisotopic (exact) mass is 237 g/mol. The number of aromatic nitrogens is 1. The van der Waals surface area contributed by atoms with Crippen LogP contribution in [0.25, 0.3) is 22.0 Å². The molecule has 0 radical (unpaired) electrons. The molecule has 3 rings (SSSR count). The fourth-order valence-electron chi connectivity index (χ4n) is 2.12. The molecule has 2 aromatic carbocycles. The van der Waals surface area contributed by atoms with E-state index in [4.69, 9.17) is 0 Å². The minimum Gasteiger partial charge on any atom is -0.425 e. The lowest BCUT2D eigenvalue weighted by Gasteiger charge is -2.08. The molecule has 1 aromatic heterocycles. The van der Waals surface area contributed by atoms with E-state index in [-0.39, 0.29) is 0 Å². The van der Waals surface area contributed by atoms with Crippen LogP contribution in [0.2, 0.25) is 0 Å². The van der Waals surface area contributed by atoms with Crippen LogP contribution in [-0.4, -0.2) is 9.94 Å². The first-order valence-corrected chi connectivity index (χ1v) is 5.67. The predicted octanol–water partition coefficient (Wildman–Crippen LogP) is 2.91. The van der Waals surface area contributed by atoms with E-state index in [2.05, 4.69) is 0 Å². The number of hydrogen-bond acceptors (Lipinski definition) is 2. The van der Waals surface area contributed by atoms with Crippen LogP contribution in [0.5, 0.6) is 0 Å². The molecule has 3 aromatic rings. The Bertz CT molecular complexity index is 760. The third-order valence-corrected chi connectivity index (χ3v) is 2.98. The van der Waals surface area contributed by atoms with Gasteiger partial charge in [0.2, 0.25) is 0 Å². The number of hydrogen-bond donors (Lipinski definition) is 1. The topological polar surface area (TPSA) is 42.2 Å². The van der Waals surface area contributed by atoms with E-state index < -0.39 is 5.56 Å². The van der Waals surface area contributed by atoms with Crippen molar-refractivity contribution in [1.29, 1.82) is 0 Å². The number of nitrogens with zero attached hydrogens (tertiary/aromatic N) is 1. The first-order valence-electron chi connectivity index (χ1n) is 5.67. The lowest BCUT2D eigenvalue weighted by Crippen LogP contribution is -2.17. The number of para-hydroxylation sites is 1. The fraction of sp³-hybridized carbons (Fsp3) is 0. The molecule has 88 valence electrons. The molecule has 0 amide bonds. The minimum absolute atomic E-state index is 0.424. The lowest BCUT2D eigenvalue weighted by atomic mass is 10.0. The molecular weight excluding hydrogens is 226 g/mol. The second-order valence-electron chi connectivity index (χ2n) is 4.09. The van der Waals surface area contributed by atoms with Gasteiger partial charge in [-0.15, -0.1) is 4.73 Å². The van der Waals surface area contributed by atoms with Gasteiger partial charge in [0.15, 0.2) is 0 Å². The molecule has 0 bridgehead atoms. The highest BCUT2D eigenvalue weighted by Crippen LogP contribution is 2.26. The van der Waals surface area contributed by atoms with Crippen molar-refractivity contribution in [3.63, 3.8) is 0 Å². The molecule has 0 fully saturated rings. The molecule has 3 heteroatoms. The summed E-state index contributed by atoms with van der Waals surface area (Å²) in [5.74, 6) is 0. The van der Waals surface area contributed by atoms with E-state index in [0.29, 0.717) is 10.2 Å². The molecule has 0 atom stereocenters. The first-order chi connectivity index (χ1) is 8.77. The van der Waals surface area contributed by atoms with E-state index in [1.807, 2.05) is 42.5 Å². The average molecular weight is 237 g/mol. The van der Waals surface area contributed by atoms with Crippen molar-refractivity contribution in [2.24, 2.45) is 0 Å². The quantitative estimate of drug-likeness (QED) is 0.661. The van der Waals surface area contributed by atoms with Gasteiger partial charge in [0.1, 0.15) is 0 Å². The number of rotatable bonds is 1. The molecule has 0 unspecified atom stereocenters. The van der Waals surface area contributed by atoms with E-state index in [1.165, 1.54) is 6.07 Å². The van der Waals surface area contributed by atoms with Gasteiger partial charge in [-0.3, -0.25) is 4.79 Å². The van der Waals surface area contributed by atoms with Gasteiger partial charge in [-0.25, -0.2) is 0 Å². The van der Waals surface area contributed by atoms with Gasteiger partial charge < -0.3 is 5.21 Å². The smallest absolute Gasteiger partial charge is 0.284 e. The van der Waals surface area contributed by atoms with Crippen molar-refractivity contribution >= 4 is 10.9 Å². The molecule has 0 saturated heterocycles. The molecule has 0 aliphatic rings. The minimum atomic E-state index is -0.424. The van der Waals surface area contributed by atoms with Gasteiger partial charge in [-0.2, -0.15) is 0 Å². The molecule has 0 aliphatic heterocycles. The Morgan fingerprint density at radius 3 is 2.33 bits per heavy atom. The predicted molar refractivity (Wildman–Crippen MR) is 70.8 cm³/mol. The second kappa shape index (κ2) is 4.04. The molecule has 1 heterocycles.